The second kappa shape index (κ2) is 31.5. The van der Waals surface area contributed by atoms with Crippen LogP contribution in [-0.4, -0.2) is 0 Å². The molecule has 0 bridgehead atoms. The molecule has 0 unspecified atom stereocenters. The Balaban J connectivity index is 0.000000111. The molecule has 3 aromatic heterocycles. The Morgan fingerprint density at radius 1 is 0.178 bits per heavy atom. The predicted molar refractivity (Wildman–Crippen MR) is 545 cm³/mol. The van der Waals surface area contributed by atoms with Crippen molar-refractivity contribution in [2.45, 2.75) is 57.8 Å². The minimum Gasteiger partial charge on any atom is -0.456 e. The van der Waals surface area contributed by atoms with Crippen LogP contribution in [-0.2, 0) is 16.2 Å². The lowest BCUT2D eigenvalue weighted by atomic mass is 9.82. The minimum atomic E-state index is -0.0827. The average molecular weight is 1680 g/mol. The summed E-state index contributed by atoms with van der Waals surface area (Å²) in [6.45, 7) is 14.1. The number of thiophene rings is 1. The molecule has 0 radical (unpaired) electrons. The quantitative estimate of drug-likeness (QED) is 0.115. The topological polar surface area (TPSA) is 36.0 Å². The lowest BCUT2D eigenvalue weighted by molar-refractivity contribution is 0.660. The second-order valence-corrected chi connectivity index (χ2v) is 36.9. The van der Waals surface area contributed by atoms with Crippen molar-refractivity contribution in [2.75, 3.05) is 14.7 Å². The smallest absolute Gasteiger partial charge is 0.137 e. The Hall–Kier alpha value is -15.6. The van der Waals surface area contributed by atoms with E-state index in [9.17, 15) is 0 Å². The third-order valence-electron chi connectivity index (χ3n) is 27.2. The first-order valence-electron chi connectivity index (χ1n) is 44.7. The van der Waals surface area contributed by atoms with Gasteiger partial charge in [-0.1, -0.05) is 345 Å². The summed E-state index contributed by atoms with van der Waals surface area (Å²) >= 11 is 1.87. The van der Waals surface area contributed by atoms with Gasteiger partial charge in [-0.3, -0.25) is 0 Å². The van der Waals surface area contributed by atoms with Crippen LogP contribution in [0.25, 0.3) is 142 Å². The molecule has 25 rings (SSSR count). The summed E-state index contributed by atoms with van der Waals surface area (Å²) in [5.74, 6) is 0. The van der Waals surface area contributed by atoms with Gasteiger partial charge in [-0.05, 0) is 245 Å². The number of furan rings is 2. The molecule has 0 spiro atoms. The van der Waals surface area contributed by atoms with Crippen LogP contribution in [0.1, 0.15) is 74.9 Å². The summed E-state index contributed by atoms with van der Waals surface area (Å²) in [5.41, 5.74) is 39.5. The number of para-hydroxylation sites is 2. The van der Waals surface area contributed by atoms with Gasteiger partial charge >= 0.3 is 0 Å². The summed E-state index contributed by atoms with van der Waals surface area (Å²) in [5, 5.41) is 7.22. The van der Waals surface area contributed by atoms with Gasteiger partial charge in [0.15, 0.2) is 0 Å². The van der Waals surface area contributed by atoms with Gasteiger partial charge in [0, 0.05) is 115 Å². The van der Waals surface area contributed by atoms with Crippen LogP contribution in [0.3, 0.4) is 0 Å². The van der Waals surface area contributed by atoms with Crippen LogP contribution in [0.5, 0.6) is 0 Å². The highest BCUT2D eigenvalue weighted by Crippen LogP contribution is 2.56. The van der Waals surface area contributed by atoms with Gasteiger partial charge in [0.1, 0.15) is 22.3 Å². The third kappa shape index (κ3) is 13.6. The van der Waals surface area contributed by atoms with E-state index in [0.717, 1.165) is 89.3 Å². The second-order valence-electron chi connectivity index (χ2n) is 35.8. The van der Waals surface area contributed by atoms with Crippen LogP contribution in [0, 0.1) is 0 Å². The van der Waals surface area contributed by atoms with E-state index in [1.807, 2.05) is 35.6 Å². The summed E-state index contributed by atoms with van der Waals surface area (Å²) in [4.78, 5) is 7.15. The Kier molecular flexibility index (Phi) is 19.1. The molecule has 3 heterocycles. The van der Waals surface area contributed by atoms with E-state index in [0.29, 0.717) is 0 Å². The Morgan fingerprint density at radius 2 is 0.488 bits per heavy atom. The summed E-state index contributed by atoms with van der Waals surface area (Å²) in [7, 11) is 0. The van der Waals surface area contributed by atoms with Crippen LogP contribution in [0.15, 0.2) is 452 Å². The SMILES string of the molecule is CC1(C)c2ccccc2-c2ccc(N(c3ccc(-c4ccccc4)cc3)c3ccc(-c4cccc5oc6ccccc6c45)cc3)cc21.CC1(C)c2ccccc2-c2ccc(N(c3ccc(-c4ccccc4)cc3)c3ccc4c(c3)oc3ccccc34)cc21.CC1(C)c2ccccc2-c2ccc(N(c3cccc(-c4ccccc4)c3)c3ccc4c(c3)sc3ccccc34)cc21. The molecule has 616 valence electrons. The first-order chi connectivity index (χ1) is 63.2. The molecule has 129 heavy (non-hydrogen) atoms. The van der Waals surface area contributed by atoms with Gasteiger partial charge in [0.2, 0.25) is 0 Å². The zero-order valence-corrected chi connectivity index (χ0v) is 73.5. The van der Waals surface area contributed by atoms with Crippen molar-refractivity contribution in [1.29, 1.82) is 0 Å². The fourth-order valence-electron chi connectivity index (χ4n) is 20.7. The standard InChI is InChI=1S/C45H33NO.C39H29NO.C39H29NS/c1-45(2)40-16-8-6-13-37(40)38-28-27-35(29-41(38)45)46(33-23-19-31(20-24-33)30-11-4-3-5-12-30)34-25-21-32(22-26-34)36-15-10-18-43-44(36)39-14-7-9-17-42(39)47-43;1-39(2)35-14-8-6-12-31(35)32-22-20-29(24-36(32)39)40(28-18-16-27(17-19-28)26-10-4-3-5-11-26)30-21-23-34-33-13-7-9-15-37(33)41-38(34)25-30;1-39(2)35-17-8-6-15-31(35)32-21-19-29(24-36(32)39)40(28-14-10-13-27(23-28)26-11-4-3-5-12-26)30-20-22-34-33-16-7-9-18-37(33)41-38(34)25-30/h3-29H,1-2H3;2*3-25H,1-2H3. The van der Waals surface area contributed by atoms with Gasteiger partial charge < -0.3 is 23.5 Å². The molecule has 22 aromatic rings. The molecule has 6 heteroatoms. The van der Waals surface area contributed by atoms with Crippen molar-refractivity contribution in [3.63, 3.8) is 0 Å². The zero-order valence-electron chi connectivity index (χ0n) is 72.7. The van der Waals surface area contributed by atoms with Crippen LogP contribution in [0.4, 0.5) is 51.2 Å². The molecule has 0 atom stereocenters. The number of anilines is 9. The van der Waals surface area contributed by atoms with Gasteiger partial charge in [-0.15, -0.1) is 11.3 Å². The van der Waals surface area contributed by atoms with Gasteiger partial charge in [-0.2, -0.15) is 0 Å². The zero-order chi connectivity index (χ0) is 86.6. The van der Waals surface area contributed by atoms with Crippen LogP contribution < -0.4 is 14.7 Å². The van der Waals surface area contributed by atoms with Crippen molar-refractivity contribution in [3.05, 3.63) is 476 Å². The Bertz CT molecular complexity index is 8080. The number of fused-ring (bicyclic) bond motifs is 18. The lowest BCUT2D eigenvalue weighted by Crippen LogP contribution is -2.16. The fraction of sp³-hybridized carbons (Fsp3) is 0.0732. The van der Waals surface area contributed by atoms with Crippen molar-refractivity contribution in [2.24, 2.45) is 0 Å². The molecule has 0 saturated carbocycles. The maximum absolute atomic E-state index is 6.31. The number of nitrogens with zero attached hydrogens (tertiary/aromatic N) is 3. The minimum absolute atomic E-state index is 0.0606. The van der Waals surface area contributed by atoms with Gasteiger partial charge in [0.25, 0.3) is 0 Å². The first-order valence-corrected chi connectivity index (χ1v) is 45.5. The highest BCUT2D eigenvalue weighted by Gasteiger charge is 2.39. The van der Waals surface area contributed by atoms with E-state index in [2.05, 4.69) is 475 Å². The van der Waals surface area contributed by atoms with E-state index in [1.54, 1.807) is 0 Å². The summed E-state index contributed by atoms with van der Waals surface area (Å²) in [6, 6.07) is 160. The van der Waals surface area contributed by atoms with E-state index < -0.39 is 0 Å². The third-order valence-corrected chi connectivity index (χ3v) is 28.4. The summed E-state index contributed by atoms with van der Waals surface area (Å²) < 4.78 is 15.2. The van der Waals surface area contributed by atoms with E-state index >= 15 is 0 Å². The maximum atomic E-state index is 6.31. The number of hydrogen-bond donors (Lipinski definition) is 0. The van der Waals surface area contributed by atoms with E-state index in [-0.39, 0.29) is 16.2 Å². The average Bonchev–Trinajstić information content (AvgIpc) is 1.59. The molecular weight excluding hydrogens is 1580 g/mol. The lowest BCUT2D eigenvalue weighted by Gasteiger charge is -2.28. The van der Waals surface area contributed by atoms with Crippen molar-refractivity contribution >= 4 is 127 Å². The highest BCUT2D eigenvalue weighted by molar-refractivity contribution is 7.25. The molecule has 0 N–H and O–H groups in total. The normalized spacial score (nSPS) is 13.2. The van der Waals surface area contributed by atoms with Gasteiger partial charge in [-0.25, -0.2) is 0 Å². The molecule has 3 aliphatic carbocycles. The van der Waals surface area contributed by atoms with Crippen molar-refractivity contribution in [1.82, 2.24) is 0 Å². The monoisotopic (exact) mass is 1670 g/mol. The number of rotatable bonds is 13. The largest absolute Gasteiger partial charge is 0.456 e. The first kappa shape index (κ1) is 78.1. The molecule has 3 aliphatic rings. The maximum Gasteiger partial charge on any atom is 0.137 e. The van der Waals surface area contributed by atoms with Crippen LogP contribution in [0.2, 0.25) is 0 Å². The Morgan fingerprint density at radius 3 is 1.01 bits per heavy atom. The number of benzene rings is 19. The molecule has 5 nitrogen and oxygen atoms in total. The summed E-state index contributed by atoms with van der Waals surface area (Å²) in [6.07, 6.45) is 0. The van der Waals surface area contributed by atoms with Crippen LogP contribution >= 0.6 is 11.3 Å². The fourth-order valence-corrected chi connectivity index (χ4v) is 21.8. The van der Waals surface area contributed by atoms with Crippen molar-refractivity contribution < 1.29 is 8.83 Å². The molecule has 0 amide bonds. The molecular formula is C123H91N3O2S. The number of hydrogen-bond acceptors (Lipinski definition) is 6. The molecule has 0 saturated heterocycles. The molecule has 19 aromatic carbocycles. The molecule has 0 aliphatic heterocycles. The predicted octanol–water partition coefficient (Wildman–Crippen LogP) is 35.2. The highest BCUT2D eigenvalue weighted by atomic mass is 32.1. The van der Waals surface area contributed by atoms with Gasteiger partial charge in [0.05, 0.1) is 0 Å². The molecule has 0 fully saturated rings. The Labute approximate surface area is 756 Å². The van der Waals surface area contributed by atoms with E-state index in [4.69, 9.17) is 8.83 Å². The van der Waals surface area contributed by atoms with E-state index in [1.165, 1.54) is 137 Å². The van der Waals surface area contributed by atoms with Crippen molar-refractivity contribution in [3.8, 4) is 77.9 Å².